The third kappa shape index (κ3) is 5.18. The number of rotatable bonds is 6. The molecule has 0 aliphatic carbocycles. The van der Waals surface area contributed by atoms with Crippen molar-refractivity contribution in [3.8, 4) is 11.5 Å². The van der Waals surface area contributed by atoms with Crippen LogP contribution in [0.25, 0.3) is 6.08 Å². The smallest absolute Gasteiger partial charge is 0.363 e. The average Bonchev–Trinajstić information content (AvgIpc) is 3.14. The monoisotopic (exact) mass is 607 g/mol. The third-order valence-corrected chi connectivity index (χ3v) is 5.87. The normalized spacial score (nSPS) is 14.3. The summed E-state index contributed by atoms with van der Waals surface area (Å²) in [6.45, 7) is 0.383. The molecular formula is C24H16BrFINO4. The van der Waals surface area contributed by atoms with Gasteiger partial charge in [-0.3, -0.25) is 0 Å². The van der Waals surface area contributed by atoms with Gasteiger partial charge in [-0.25, -0.2) is 14.2 Å². The van der Waals surface area contributed by atoms with Gasteiger partial charge in [-0.05, 0) is 82.3 Å². The lowest BCUT2D eigenvalue weighted by Crippen LogP contribution is -2.05. The van der Waals surface area contributed by atoms with Crippen molar-refractivity contribution in [1.29, 1.82) is 0 Å². The molecule has 0 atom stereocenters. The number of esters is 1. The van der Waals surface area contributed by atoms with E-state index >= 15 is 0 Å². The molecule has 162 valence electrons. The van der Waals surface area contributed by atoms with E-state index in [0.717, 1.165) is 13.6 Å². The van der Waals surface area contributed by atoms with E-state index in [2.05, 4.69) is 43.5 Å². The van der Waals surface area contributed by atoms with Gasteiger partial charge >= 0.3 is 5.97 Å². The van der Waals surface area contributed by atoms with Crippen molar-refractivity contribution in [2.75, 3.05) is 7.11 Å². The number of carbonyl (C=O) groups is 1. The van der Waals surface area contributed by atoms with Crippen molar-refractivity contribution < 1.29 is 23.4 Å². The van der Waals surface area contributed by atoms with Gasteiger partial charge in [-0.15, -0.1) is 0 Å². The van der Waals surface area contributed by atoms with Gasteiger partial charge in [0.1, 0.15) is 12.4 Å². The van der Waals surface area contributed by atoms with Crippen molar-refractivity contribution in [3.05, 3.63) is 96.9 Å². The van der Waals surface area contributed by atoms with Crippen LogP contribution in [0.3, 0.4) is 0 Å². The summed E-state index contributed by atoms with van der Waals surface area (Å²) in [4.78, 5) is 16.5. The highest BCUT2D eigenvalue weighted by atomic mass is 127. The molecule has 3 aromatic carbocycles. The first-order valence-electron chi connectivity index (χ1n) is 9.46. The molecule has 1 aliphatic rings. The van der Waals surface area contributed by atoms with E-state index < -0.39 is 11.8 Å². The molecule has 32 heavy (non-hydrogen) atoms. The minimum absolute atomic E-state index is 0.0665. The molecule has 0 saturated heterocycles. The zero-order chi connectivity index (χ0) is 22.7. The maximum atomic E-state index is 13.5. The summed E-state index contributed by atoms with van der Waals surface area (Å²) < 4.78 is 32.0. The van der Waals surface area contributed by atoms with E-state index in [1.807, 2.05) is 30.3 Å². The predicted molar refractivity (Wildman–Crippen MR) is 131 cm³/mol. The van der Waals surface area contributed by atoms with Crippen molar-refractivity contribution in [3.63, 3.8) is 0 Å². The fraction of sp³-hybridized carbons (Fsp3) is 0.0833. The number of hydrogen-bond acceptors (Lipinski definition) is 5. The number of benzene rings is 3. The molecule has 4 rings (SSSR count). The van der Waals surface area contributed by atoms with Crippen molar-refractivity contribution in [1.82, 2.24) is 0 Å². The van der Waals surface area contributed by atoms with Gasteiger partial charge in [-0.1, -0.05) is 34.1 Å². The largest absolute Gasteiger partial charge is 0.493 e. The van der Waals surface area contributed by atoms with E-state index in [1.54, 1.807) is 25.3 Å². The van der Waals surface area contributed by atoms with Crippen molar-refractivity contribution in [2.24, 2.45) is 4.99 Å². The van der Waals surface area contributed by atoms with Crippen LogP contribution in [0.2, 0.25) is 0 Å². The van der Waals surface area contributed by atoms with Crippen LogP contribution in [-0.4, -0.2) is 19.0 Å². The lowest BCUT2D eigenvalue weighted by atomic mass is 10.1. The molecule has 0 aromatic heterocycles. The first kappa shape index (κ1) is 22.5. The molecule has 1 heterocycles. The van der Waals surface area contributed by atoms with Gasteiger partial charge in [0.2, 0.25) is 5.90 Å². The third-order valence-electron chi connectivity index (χ3n) is 4.54. The molecule has 0 amide bonds. The fourth-order valence-electron chi connectivity index (χ4n) is 3.01. The van der Waals surface area contributed by atoms with Gasteiger partial charge in [0.25, 0.3) is 0 Å². The molecule has 0 saturated carbocycles. The number of nitrogens with zero attached hydrogens (tertiary/aromatic N) is 1. The van der Waals surface area contributed by atoms with E-state index in [9.17, 15) is 9.18 Å². The lowest BCUT2D eigenvalue weighted by molar-refractivity contribution is -0.129. The summed E-state index contributed by atoms with van der Waals surface area (Å²) in [5.74, 6) is 0.167. The van der Waals surface area contributed by atoms with Crippen LogP contribution in [0.4, 0.5) is 4.39 Å². The Morgan fingerprint density at radius 2 is 1.94 bits per heavy atom. The summed E-state index contributed by atoms with van der Waals surface area (Å²) in [6, 6.07) is 17.2. The van der Waals surface area contributed by atoms with E-state index in [4.69, 9.17) is 14.2 Å². The topological polar surface area (TPSA) is 57.1 Å². The highest BCUT2D eigenvalue weighted by molar-refractivity contribution is 14.1. The number of carbonyl (C=O) groups excluding carboxylic acids is 1. The van der Waals surface area contributed by atoms with E-state index in [1.165, 1.54) is 18.2 Å². The van der Waals surface area contributed by atoms with Crippen LogP contribution in [0.5, 0.6) is 11.5 Å². The quantitative estimate of drug-likeness (QED) is 0.192. The second-order valence-corrected chi connectivity index (χ2v) is 8.87. The number of methoxy groups -OCH3 is 1. The summed E-state index contributed by atoms with van der Waals surface area (Å²) in [6.07, 6.45) is 1.60. The minimum Gasteiger partial charge on any atom is -0.493 e. The van der Waals surface area contributed by atoms with Crippen molar-refractivity contribution >= 4 is 56.5 Å². The van der Waals surface area contributed by atoms with E-state index in [-0.39, 0.29) is 11.6 Å². The van der Waals surface area contributed by atoms with Crippen LogP contribution in [0.15, 0.2) is 75.8 Å². The number of ether oxygens (including phenoxy) is 3. The highest BCUT2D eigenvalue weighted by Gasteiger charge is 2.24. The molecule has 0 unspecified atom stereocenters. The van der Waals surface area contributed by atoms with Crippen LogP contribution in [0, 0.1) is 9.39 Å². The molecule has 5 nitrogen and oxygen atoms in total. The molecule has 0 radical (unpaired) electrons. The van der Waals surface area contributed by atoms with E-state index in [0.29, 0.717) is 29.2 Å². The standard InChI is InChI=1S/C24H16BrFINO4/c1-30-21-11-15(9-19(27)22(21)31-13-14-5-7-17(25)8-6-14)10-20-24(29)32-23(28-20)16-3-2-4-18(26)12-16/h2-12H,13H2,1H3/b20-10-. The molecule has 0 spiro atoms. The Morgan fingerprint density at radius 1 is 1.16 bits per heavy atom. The Balaban J connectivity index is 1.59. The Labute approximate surface area is 206 Å². The zero-order valence-electron chi connectivity index (χ0n) is 16.8. The Morgan fingerprint density at radius 3 is 2.66 bits per heavy atom. The van der Waals surface area contributed by atoms with Gasteiger partial charge in [0.15, 0.2) is 17.2 Å². The molecule has 0 fully saturated rings. The van der Waals surface area contributed by atoms with Gasteiger partial charge in [0, 0.05) is 10.0 Å². The van der Waals surface area contributed by atoms with Crippen LogP contribution < -0.4 is 9.47 Å². The lowest BCUT2D eigenvalue weighted by Gasteiger charge is -2.14. The molecule has 8 heteroatoms. The van der Waals surface area contributed by atoms with Crippen LogP contribution in [0.1, 0.15) is 16.7 Å². The summed E-state index contributed by atoms with van der Waals surface area (Å²) >= 11 is 5.57. The fourth-order valence-corrected chi connectivity index (χ4v) is 4.06. The Hall–Kier alpha value is -2.72. The van der Waals surface area contributed by atoms with Gasteiger partial charge < -0.3 is 14.2 Å². The molecule has 0 N–H and O–H groups in total. The molecule has 1 aliphatic heterocycles. The second-order valence-electron chi connectivity index (χ2n) is 6.80. The number of cyclic esters (lactones) is 1. The SMILES string of the molecule is COc1cc(/C=C2\N=C(c3cccc(F)c3)OC2=O)cc(I)c1OCc1ccc(Br)cc1. The molecule has 3 aromatic rings. The van der Waals surface area contributed by atoms with Gasteiger partial charge in [0.05, 0.1) is 10.7 Å². The molecular weight excluding hydrogens is 592 g/mol. The van der Waals surface area contributed by atoms with Crippen LogP contribution >= 0.6 is 38.5 Å². The Kier molecular flexibility index (Phi) is 6.90. The van der Waals surface area contributed by atoms with Gasteiger partial charge in [-0.2, -0.15) is 0 Å². The predicted octanol–water partition coefficient (Wildman–Crippen LogP) is 6.12. The maximum Gasteiger partial charge on any atom is 0.363 e. The first-order valence-corrected chi connectivity index (χ1v) is 11.3. The maximum absolute atomic E-state index is 13.5. The second kappa shape index (κ2) is 9.83. The summed E-state index contributed by atoms with van der Waals surface area (Å²) in [7, 11) is 1.55. The molecule has 0 bridgehead atoms. The summed E-state index contributed by atoms with van der Waals surface area (Å²) in [5, 5.41) is 0. The van der Waals surface area contributed by atoms with Crippen LogP contribution in [-0.2, 0) is 16.1 Å². The summed E-state index contributed by atoms with van der Waals surface area (Å²) in [5.41, 5.74) is 2.22. The zero-order valence-corrected chi connectivity index (χ0v) is 20.5. The number of halogens is 3. The highest BCUT2D eigenvalue weighted by Crippen LogP contribution is 2.35. The number of aliphatic imine (C=N–C) groups is 1. The van der Waals surface area contributed by atoms with Crippen molar-refractivity contribution in [2.45, 2.75) is 6.61 Å². The Bertz CT molecular complexity index is 1240. The first-order chi connectivity index (χ1) is 15.4. The number of hydrogen-bond donors (Lipinski definition) is 0. The minimum atomic E-state index is -0.603. The average molecular weight is 608 g/mol.